The van der Waals surface area contributed by atoms with E-state index in [1.807, 2.05) is 18.2 Å². The van der Waals surface area contributed by atoms with Gasteiger partial charge in [-0.1, -0.05) is 73.3 Å². The number of unbranched alkanes of at least 4 members (excludes halogenated alkanes) is 4. The van der Waals surface area contributed by atoms with Gasteiger partial charge in [-0.05, 0) is 32.1 Å². The Bertz CT molecular complexity index is 702. The van der Waals surface area contributed by atoms with Crippen LogP contribution in [0.3, 0.4) is 0 Å². The van der Waals surface area contributed by atoms with Crippen LogP contribution in [0.25, 0.3) is 10.8 Å². The molecule has 0 fully saturated rings. The van der Waals surface area contributed by atoms with Crippen LogP contribution in [0.15, 0.2) is 30.3 Å². The third kappa shape index (κ3) is 6.88. The van der Waals surface area contributed by atoms with Crippen LogP contribution in [-0.4, -0.2) is 25.2 Å². The lowest BCUT2D eigenvalue weighted by atomic mass is 10.1. The molecule has 0 saturated carbocycles. The van der Waals surface area contributed by atoms with Crippen molar-refractivity contribution in [2.75, 3.05) is 20.3 Å². The number of benzene rings is 2. The van der Waals surface area contributed by atoms with Crippen molar-refractivity contribution >= 4 is 26.7 Å². The lowest BCUT2D eigenvalue weighted by molar-refractivity contribution is 0.283. The summed E-state index contributed by atoms with van der Waals surface area (Å²) in [5.41, 5.74) is 0. The van der Waals surface area contributed by atoms with E-state index in [1.165, 1.54) is 32.1 Å². The number of methoxy groups -OCH3 is 1. The van der Waals surface area contributed by atoms with E-state index < -0.39 is 0 Å². The first-order valence-electron chi connectivity index (χ1n) is 10.7. The molecule has 1 atom stereocenters. The topological polar surface area (TPSA) is 27.7 Å². The van der Waals surface area contributed by atoms with E-state index in [4.69, 9.17) is 14.2 Å². The van der Waals surface area contributed by atoms with Gasteiger partial charge >= 0.3 is 0 Å². The van der Waals surface area contributed by atoms with Gasteiger partial charge in [0.2, 0.25) is 0 Å². The zero-order valence-electron chi connectivity index (χ0n) is 17.6. The number of hydrogen-bond acceptors (Lipinski definition) is 3. The van der Waals surface area contributed by atoms with Gasteiger partial charge in [0.1, 0.15) is 5.75 Å². The van der Waals surface area contributed by atoms with Crippen molar-refractivity contribution in [3.63, 3.8) is 0 Å². The van der Waals surface area contributed by atoms with Gasteiger partial charge in [-0.25, -0.2) is 0 Å². The van der Waals surface area contributed by atoms with Crippen LogP contribution in [0.2, 0.25) is 0 Å². The highest BCUT2D eigenvalue weighted by molar-refractivity contribution is 9.09. The molecule has 2 aromatic rings. The lowest BCUT2D eigenvalue weighted by Crippen LogP contribution is -2.03. The Morgan fingerprint density at radius 2 is 1.57 bits per heavy atom. The molecule has 0 aliphatic carbocycles. The Hall–Kier alpha value is -1.42. The fraction of sp³-hybridized carbons (Fsp3) is 0.583. The lowest BCUT2D eigenvalue weighted by Gasteiger charge is -2.17. The molecule has 0 heterocycles. The molecule has 0 amide bonds. The average molecular weight is 451 g/mol. The third-order valence-corrected chi connectivity index (χ3v) is 6.10. The highest BCUT2D eigenvalue weighted by atomic mass is 79.9. The van der Waals surface area contributed by atoms with Gasteiger partial charge in [-0.2, -0.15) is 0 Å². The van der Waals surface area contributed by atoms with Gasteiger partial charge in [0.15, 0.2) is 11.5 Å². The first kappa shape index (κ1) is 22.9. The van der Waals surface area contributed by atoms with Crippen LogP contribution in [-0.2, 0) is 0 Å². The van der Waals surface area contributed by atoms with Crippen LogP contribution in [0.1, 0.15) is 65.2 Å². The molecule has 156 valence electrons. The van der Waals surface area contributed by atoms with Gasteiger partial charge in [0.25, 0.3) is 0 Å². The summed E-state index contributed by atoms with van der Waals surface area (Å²) in [5, 5.41) is 2.14. The summed E-state index contributed by atoms with van der Waals surface area (Å²) >= 11 is 3.70. The zero-order chi connectivity index (χ0) is 20.2. The van der Waals surface area contributed by atoms with Gasteiger partial charge in [-0.3, -0.25) is 0 Å². The first-order valence-corrected chi connectivity index (χ1v) is 11.6. The number of alkyl halides is 1. The van der Waals surface area contributed by atoms with Crippen molar-refractivity contribution in [3.8, 4) is 17.2 Å². The number of rotatable bonds is 14. The molecule has 0 spiro atoms. The molecule has 1 unspecified atom stereocenters. The minimum Gasteiger partial charge on any atom is -0.493 e. The zero-order valence-corrected chi connectivity index (χ0v) is 19.2. The summed E-state index contributed by atoms with van der Waals surface area (Å²) < 4.78 is 17.9. The molecule has 0 bridgehead atoms. The van der Waals surface area contributed by atoms with Crippen molar-refractivity contribution < 1.29 is 14.2 Å². The molecule has 3 nitrogen and oxygen atoms in total. The first-order chi connectivity index (χ1) is 13.7. The SMILES string of the molecule is CCCCCCOc1c(OC)cc(OCCCCC(Br)CC)c2ccccc12. The maximum absolute atomic E-state index is 6.14. The summed E-state index contributed by atoms with van der Waals surface area (Å²) in [4.78, 5) is 0.613. The number of ether oxygens (including phenoxy) is 3. The van der Waals surface area contributed by atoms with E-state index in [0.717, 1.165) is 47.3 Å². The van der Waals surface area contributed by atoms with E-state index in [-0.39, 0.29) is 0 Å². The second-order valence-electron chi connectivity index (χ2n) is 7.21. The maximum atomic E-state index is 6.14. The fourth-order valence-electron chi connectivity index (χ4n) is 3.27. The Balaban J connectivity index is 2.07. The quantitative estimate of drug-likeness (QED) is 0.219. The van der Waals surface area contributed by atoms with Gasteiger partial charge in [-0.15, -0.1) is 0 Å². The average Bonchev–Trinajstić information content (AvgIpc) is 2.73. The van der Waals surface area contributed by atoms with Crippen LogP contribution in [0, 0.1) is 0 Å². The third-order valence-electron chi connectivity index (χ3n) is 5.00. The number of hydrogen-bond donors (Lipinski definition) is 0. The van der Waals surface area contributed by atoms with Crippen molar-refractivity contribution in [1.82, 2.24) is 0 Å². The van der Waals surface area contributed by atoms with E-state index in [2.05, 4.69) is 41.9 Å². The standard InChI is InChI=1S/C24H35BrO3/c1-4-6-7-11-17-28-24-21-15-9-8-14-20(21)22(18-23(24)26-3)27-16-12-10-13-19(25)5-2/h8-9,14-15,18-19H,4-7,10-13,16-17H2,1-3H3. The molecule has 2 rings (SSSR count). The monoisotopic (exact) mass is 450 g/mol. The summed E-state index contributed by atoms with van der Waals surface area (Å²) in [7, 11) is 1.69. The maximum Gasteiger partial charge on any atom is 0.169 e. The van der Waals surface area contributed by atoms with E-state index >= 15 is 0 Å². The molecule has 0 radical (unpaired) electrons. The van der Waals surface area contributed by atoms with Crippen LogP contribution >= 0.6 is 15.9 Å². The Morgan fingerprint density at radius 3 is 2.29 bits per heavy atom. The van der Waals surface area contributed by atoms with Crippen LogP contribution < -0.4 is 14.2 Å². The van der Waals surface area contributed by atoms with Crippen LogP contribution in [0.5, 0.6) is 17.2 Å². The molecular formula is C24H35BrO3. The summed E-state index contributed by atoms with van der Waals surface area (Å²) in [6.45, 7) is 5.86. The predicted molar refractivity (Wildman–Crippen MR) is 122 cm³/mol. The summed E-state index contributed by atoms with van der Waals surface area (Å²) in [6.07, 6.45) is 9.32. The van der Waals surface area contributed by atoms with Crippen molar-refractivity contribution in [3.05, 3.63) is 30.3 Å². The van der Waals surface area contributed by atoms with E-state index in [9.17, 15) is 0 Å². The normalized spacial score (nSPS) is 12.1. The minimum atomic E-state index is 0.613. The molecule has 0 saturated heterocycles. The van der Waals surface area contributed by atoms with Gasteiger partial charge in [0, 0.05) is 21.7 Å². The largest absolute Gasteiger partial charge is 0.493 e. The molecular weight excluding hydrogens is 416 g/mol. The summed E-state index contributed by atoms with van der Waals surface area (Å²) in [5.74, 6) is 2.44. The van der Waals surface area contributed by atoms with Crippen molar-refractivity contribution in [1.29, 1.82) is 0 Å². The Labute approximate surface area is 178 Å². The van der Waals surface area contributed by atoms with Gasteiger partial charge < -0.3 is 14.2 Å². The highest BCUT2D eigenvalue weighted by Crippen LogP contribution is 2.41. The number of fused-ring (bicyclic) bond motifs is 1. The Morgan fingerprint density at radius 1 is 0.857 bits per heavy atom. The molecule has 28 heavy (non-hydrogen) atoms. The van der Waals surface area contributed by atoms with E-state index in [1.54, 1.807) is 7.11 Å². The highest BCUT2D eigenvalue weighted by Gasteiger charge is 2.15. The second kappa shape index (κ2) is 12.9. The smallest absolute Gasteiger partial charge is 0.169 e. The predicted octanol–water partition coefficient (Wildman–Crippen LogP) is 7.53. The van der Waals surface area contributed by atoms with Crippen molar-refractivity contribution in [2.24, 2.45) is 0 Å². The minimum absolute atomic E-state index is 0.613. The fourth-order valence-corrected chi connectivity index (χ4v) is 3.59. The summed E-state index contributed by atoms with van der Waals surface area (Å²) in [6, 6.07) is 10.2. The van der Waals surface area contributed by atoms with E-state index in [0.29, 0.717) is 18.0 Å². The molecule has 0 aliphatic rings. The van der Waals surface area contributed by atoms with Crippen LogP contribution in [0.4, 0.5) is 0 Å². The Kier molecular flexibility index (Phi) is 10.6. The molecule has 0 aliphatic heterocycles. The van der Waals surface area contributed by atoms with Gasteiger partial charge in [0.05, 0.1) is 20.3 Å². The molecule has 0 aromatic heterocycles. The molecule has 2 aromatic carbocycles. The molecule has 0 N–H and O–H groups in total. The second-order valence-corrected chi connectivity index (χ2v) is 8.51. The number of halogens is 1. The van der Waals surface area contributed by atoms with Crippen molar-refractivity contribution in [2.45, 2.75) is 70.0 Å². The molecule has 4 heteroatoms.